The highest BCUT2D eigenvalue weighted by molar-refractivity contribution is 6.48. The summed E-state index contributed by atoms with van der Waals surface area (Å²) >= 11 is 23.8. The quantitative estimate of drug-likeness (QED) is 0.243. The lowest BCUT2D eigenvalue weighted by Crippen LogP contribution is -2.63. The van der Waals surface area contributed by atoms with Crippen molar-refractivity contribution in [2.24, 2.45) is 0 Å². The normalized spacial score (nSPS) is 16.2. The molecule has 2 N–H and O–H groups in total. The van der Waals surface area contributed by atoms with E-state index < -0.39 is 42.2 Å². The molecule has 1 atom stereocenters. The highest BCUT2D eigenvalue weighted by Crippen LogP contribution is 2.41. The smallest absolute Gasteiger partial charge is 0.345 e. The van der Waals surface area contributed by atoms with E-state index in [0.29, 0.717) is 6.42 Å². The Hall–Kier alpha value is -2.14. The van der Waals surface area contributed by atoms with Gasteiger partial charge in [0.15, 0.2) is 0 Å². The molecule has 0 radical (unpaired) electrons. The second-order valence-electron chi connectivity index (χ2n) is 8.60. The number of carbonyl (C=O) groups is 2. The Kier molecular flexibility index (Phi) is 9.23. The minimum atomic E-state index is -4.70. The molecule has 2 aromatic rings. The van der Waals surface area contributed by atoms with Crippen molar-refractivity contribution in [3.8, 4) is 0 Å². The number of allylic oxidation sites excluding steroid dienone is 1. The first kappa shape index (κ1) is 30.4. The van der Waals surface area contributed by atoms with Gasteiger partial charge in [-0.25, -0.2) is 0 Å². The number of benzene rings is 2. The van der Waals surface area contributed by atoms with Gasteiger partial charge in [0.2, 0.25) is 5.91 Å². The maximum Gasteiger partial charge on any atom is 0.405 e. The Bertz CT molecular complexity index is 1240. The molecule has 14 heteroatoms. The Labute approximate surface area is 233 Å². The van der Waals surface area contributed by atoms with Crippen molar-refractivity contribution >= 4 is 64.3 Å². The Balaban J connectivity index is 1.78. The molecule has 0 heterocycles. The number of amides is 2. The van der Waals surface area contributed by atoms with E-state index in [9.17, 15) is 35.9 Å². The zero-order valence-corrected chi connectivity index (χ0v) is 22.1. The SMILES string of the molecule is O=C(NC1(C(=O)NCC(F)(F)F)CCC1)c1ccc(C=CC(c2cc(Cl)c(Cl)c(Cl)c2)C(F)(F)F)cc1Cl. The summed E-state index contributed by atoms with van der Waals surface area (Å²) in [6.45, 7) is -1.54. The predicted octanol–water partition coefficient (Wildman–Crippen LogP) is 7.99. The zero-order chi connectivity index (χ0) is 28.5. The maximum atomic E-state index is 13.8. The average Bonchev–Trinajstić information content (AvgIpc) is 2.76. The fraction of sp³-hybridized carbons (Fsp3) is 0.333. The number of hydrogen-bond acceptors (Lipinski definition) is 2. The van der Waals surface area contributed by atoms with Crippen molar-refractivity contribution in [2.45, 2.75) is 43.1 Å². The highest BCUT2D eigenvalue weighted by Gasteiger charge is 2.46. The van der Waals surface area contributed by atoms with E-state index in [-0.39, 0.29) is 49.6 Å². The number of halogens is 10. The number of rotatable bonds is 7. The van der Waals surface area contributed by atoms with Gasteiger partial charge < -0.3 is 10.6 Å². The van der Waals surface area contributed by atoms with E-state index in [4.69, 9.17) is 46.4 Å². The van der Waals surface area contributed by atoms with Crippen LogP contribution in [0.25, 0.3) is 6.08 Å². The minimum Gasteiger partial charge on any atom is -0.345 e. The van der Waals surface area contributed by atoms with Gasteiger partial charge in [-0.15, -0.1) is 0 Å². The molecule has 2 aromatic carbocycles. The van der Waals surface area contributed by atoms with Gasteiger partial charge in [-0.1, -0.05) is 64.6 Å². The van der Waals surface area contributed by atoms with Crippen LogP contribution < -0.4 is 10.6 Å². The average molecular weight is 622 g/mol. The Morgan fingerprint density at radius 1 is 0.947 bits per heavy atom. The van der Waals surface area contributed by atoms with Gasteiger partial charge in [-0.2, -0.15) is 26.3 Å². The van der Waals surface area contributed by atoms with Crippen molar-refractivity contribution in [3.63, 3.8) is 0 Å². The summed E-state index contributed by atoms with van der Waals surface area (Å²) in [5.74, 6) is -3.87. The van der Waals surface area contributed by atoms with Gasteiger partial charge in [-0.05, 0) is 54.7 Å². The van der Waals surface area contributed by atoms with Crippen LogP contribution in [0.4, 0.5) is 26.3 Å². The molecule has 1 aliphatic carbocycles. The summed E-state index contributed by atoms with van der Waals surface area (Å²) in [6.07, 6.45) is -6.53. The molecule has 2 amide bonds. The summed E-state index contributed by atoms with van der Waals surface area (Å²) < 4.78 is 78.7. The summed E-state index contributed by atoms with van der Waals surface area (Å²) in [7, 11) is 0. The van der Waals surface area contributed by atoms with Crippen molar-refractivity contribution in [1.82, 2.24) is 10.6 Å². The van der Waals surface area contributed by atoms with E-state index in [1.54, 1.807) is 5.32 Å². The van der Waals surface area contributed by atoms with Gasteiger partial charge in [0.1, 0.15) is 12.1 Å². The first-order chi connectivity index (χ1) is 17.5. The van der Waals surface area contributed by atoms with Crippen LogP contribution in [0.3, 0.4) is 0 Å². The predicted molar refractivity (Wildman–Crippen MR) is 134 cm³/mol. The first-order valence-corrected chi connectivity index (χ1v) is 12.4. The van der Waals surface area contributed by atoms with Crippen molar-refractivity contribution in [3.05, 3.63) is 73.2 Å². The maximum absolute atomic E-state index is 13.8. The van der Waals surface area contributed by atoms with Gasteiger partial charge >= 0.3 is 12.4 Å². The van der Waals surface area contributed by atoms with E-state index in [2.05, 4.69) is 5.32 Å². The molecule has 0 aromatic heterocycles. The summed E-state index contributed by atoms with van der Waals surface area (Å²) in [5.41, 5.74) is -1.65. The Morgan fingerprint density at radius 3 is 2.03 bits per heavy atom. The lowest BCUT2D eigenvalue weighted by Gasteiger charge is -2.40. The van der Waals surface area contributed by atoms with Crippen molar-refractivity contribution < 1.29 is 35.9 Å². The third-order valence-electron chi connectivity index (χ3n) is 5.88. The molecule has 0 bridgehead atoms. The van der Waals surface area contributed by atoms with Gasteiger partial charge in [0.25, 0.3) is 5.91 Å². The third kappa shape index (κ3) is 7.28. The first-order valence-electron chi connectivity index (χ1n) is 10.9. The standard InChI is InChI=1S/C24H18Cl4F6N2O2/c25-16-8-12(3-5-15(24(32,33)34)13-9-17(26)19(28)18(27)10-13)2-4-14(16)20(37)36-22(6-1-7-22)21(38)35-11-23(29,30)31/h2-5,8-10,15H,1,6-7,11H2,(H,35,38)(H,36,37). The molecule has 0 aliphatic heterocycles. The van der Waals surface area contributed by atoms with Crippen LogP contribution >= 0.6 is 46.4 Å². The monoisotopic (exact) mass is 620 g/mol. The van der Waals surface area contributed by atoms with Crippen LogP contribution in [0.5, 0.6) is 0 Å². The lowest BCUT2D eigenvalue weighted by atomic mass is 9.75. The van der Waals surface area contributed by atoms with Crippen LogP contribution in [-0.4, -0.2) is 36.3 Å². The van der Waals surface area contributed by atoms with Gasteiger partial charge in [0.05, 0.1) is 31.6 Å². The van der Waals surface area contributed by atoms with Crippen LogP contribution in [0.1, 0.15) is 46.7 Å². The van der Waals surface area contributed by atoms with E-state index in [0.717, 1.165) is 24.3 Å². The number of carbonyl (C=O) groups excluding carboxylic acids is 2. The van der Waals surface area contributed by atoms with E-state index in [1.165, 1.54) is 18.2 Å². The lowest BCUT2D eigenvalue weighted by molar-refractivity contribution is -0.144. The Morgan fingerprint density at radius 2 is 1.55 bits per heavy atom. The van der Waals surface area contributed by atoms with Crippen LogP contribution in [0.2, 0.25) is 20.1 Å². The van der Waals surface area contributed by atoms with E-state index >= 15 is 0 Å². The third-order valence-corrected chi connectivity index (χ3v) is 7.39. The van der Waals surface area contributed by atoms with E-state index in [1.807, 2.05) is 0 Å². The number of alkyl halides is 6. The van der Waals surface area contributed by atoms with Crippen LogP contribution in [-0.2, 0) is 4.79 Å². The van der Waals surface area contributed by atoms with Gasteiger partial charge in [0, 0.05) is 0 Å². The highest BCUT2D eigenvalue weighted by atomic mass is 35.5. The van der Waals surface area contributed by atoms with Crippen LogP contribution in [0, 0.1) is 0 Å². The second kappa shape index (κ2) is 11.5. The molecule has 0 saturated heterocycles. The molecular formula is C24H18Cl4F6N2O2. The number of nitrogens with one attached hydrogen (secondary N) is 2. The molecule has 1 fully saturated rings. The van der Waals surface area contributed by atoms with Crippen molar-refractivity contribution in [1.29, 1.82) is 0 Å². The summed E-state index contributed by atoms with van der Waals surface area (Å²) in [4.78, 5) is 25.1. The molecule has 1 saturated carbocycles. The molecule has 3 rings (SSSR count). The molecule has 4 nitrogen and oxygen atoms in total. The second-order valence-corrected chi connectivity index (χ2v) is 10.2. The summed E-state index contributed by atoms with van der Waals surface area (Å²) in [6, 6.07) is 5.90. The summed E-state index contributed by atoms with van der Waals surface area (Å²) in [5, 5.41) is 3.70. The molecule has 1 aliphatic rings. The molecule has 38 heavy (non-hydrogen) atoms. The van der Waals surface area contributed by atoms with Gasteiger partial charge in [-0.3, -0.25) is 9.59 Å². The minimum absolute atomic E-state index is 0.0795. The van der Waals surface area contributed by atoms with Crippen LogP contribution in [0.15, 0.2) is 36.4 Å². The fourth-order valence-electron chi connectivity index (χ4n) is 3.76. The molecule has 1 unspecified atom stereocenters. The zero-order valence-electron chi connectivity index (χ0n) is 19.0. The largest absolute Gasteiger partial charge is 0.405 e. The molecule has 206 valence electrons. The molecular weight excluding hydrogens is 604 g/mol. The van der Waals surface area contributed by atoms with Crippen molar-refractivity contribution in [2.75, 3.05) is 6.54 Å². The number of hydrogen-bond donors (Lipinski definition) is 2. The fourth-order valence-corrected chi connectivity index (χ4v) is 4.65. The molecule has 0 spiro atoms. The topological polar surface area (TPSA) is 58.2 Å².